The summed E-state index contributed by atoms with van der Waals surface area (Å²) in [6.45, 7) is 1.42. The molecule has 0 saturated heterocycles. The molecule has 1 aliphatic carbocycles. The molecule has 1 saturated carbocycles. The highest BCUT2D eigenvalue weighted by Gasteiger charge is 2.24. The van der Waals surface area contributed by atoms with E-state index in [1.54, 1.807) is 31.3 Å². The smallest absolute Gasteiger partial charge is 0.326 e. The number of nitrogens with zero attached hydrogens (tertiary/aromatic N) is 4. The maximum Gasteiger partial charge on any atom is 0.332 e. The summed E-state index contributed by atoms with van der Waals surface area (Å²) in [5, 5.41) is 6.11. The van der Waals surface area contributed by atoms with Crippen LogP contribution in [0.15, 0.2) is 38.9 Å². The van der Waals surface area contributed by atoms with Crippen molar-refractivity contribution in [2.24, 2.45) is 14.1 Å². The van der Waals surface area contributed by atoms with Crippen LogP contribution >= 0.6 is 11.8 Å². The monoisotopic (exact) mass is 482 g/mol. The normalized spacial score (nSPS) is 13.9. The quantitative estimate of drug-likeness (QED) is 0.408. The number of aromatic nitrogens is 4. The Bertz CT molecular complexity index is 1370. The Morgan fingerprint density at radius 2 is 1.62 bits per heavy atom. The number of carbonyl (C=O) groups excluding carboxylic acids is 2. The van der Waals surface area contributed by atoms with E-state index in [1.165, 1.54) is 18.5 Å². The summed E-state index contributed by atoms with van der Waals surface area (Å²) in [6, 6.07) is 6.77. The van der Waals surface area contributed by atoms with Crippen molar-refractivity contribution in [2.75, 3.05) is 16.4 Å². The molecule has 11 heteroatoms. The number of aryl methyl sites for hydroxylation is 1. The van der Waals surface area contributed by atoms with E-state index in [0.29, 0.717) is 27.9 Å². The van der Waals surface area contributed by atoms with E-state index in [4.69, 9.17) is 0 Å². The van der Waals surface area contributed by atoms with Crippen LogP contribution in [-0.4, -0.2) is 36.7 Å². The van der Waals surface area contributed by atoms with Crippen LogP contribution in [0.5, 0.6) is 0 Å². The van der Waals surface area contributed by atoms with E-state index in [0.717, 1.165) is 42.0 Å². The second-order valence-electron chi connectivity index (χ2n) is 8.37. The molecule has 2 N–H and O–H groups in total. The van der Waals surface area contributed by atoms with Crippen molar-refractivity contribution >= 4 is 46.0 Å². The molecule has 4 rings (SSSR count). The first kappa shape index (κ1) is 23.7. The zero-order chi connectivity index (χ0) is 24.4. The van der Waals surface area contributed by atoms with Gasteiger partial charge in [-0.25, -0.2) is 14.8 Å². The van der Waals surface area contributed by atoms with E-state index < -0.39 is 11.2 Å². The maximum atomic E-state index is 12.9. The van der Waals surface area contributed by atoms with Crippen LogP contribution in [0.3, 0.4) is 0 Å². The standard InChI is InChI=1S/C23H26N6O4S/c1-13(30)24-15-8-10-16(11-9-15)25-17(31)12-34-21-18-20(28(2)23(33)29(3)22(18)32)26-19(27-21)14-6-4-5-7-14/h8-11,14H,4-7,12H2,1-3H3,(H,24,30)(H,25,31). The maximum absolute atomic E-state index is 12.9. The summed E-state index contributed by atoms with van der Waals surface area (Å²) in [7, 11) is 3.00. The van der Waals surface area contributed by atoms with Gasteiger partial charge in [0.05, 0.1) is 5.75 Å². The minimum atomic E-state index is -0.479. The molecule has 2 aromatic heterocycles. The van der Waals surface area contributed by atoms with Crippen LogP contribution < -0.4 is 21.9 Å². The summed E-state index contributed by atoms with van der Waals surface area (Å²) in [5.41, 5.74) is 0.574. The second kappa shape index (κ2) is 9.80. The van der Waals surface area contributed by atoms with Gasteiger partial charge in [-0.3, -0.25) is 23.5 Å². The van der Waals surface area contributed by atoms with Crippen molar-refractivity contribution in [3.05, 3.63) is 50.9 Å². The van der Waals surface area contributed by atoms with E-state index in [9.17, 15) is 19.2 Å². The van der Waals surface area contributed by atoms with Crippen molar-refractivity contribution in [2.45, 2.75) is 43.6 Å². The molecule has 1 fully saturated rings. The van der Waals surface area contributed by atoms with Crippen LogP contribution in [0.4, 0.5) is 11.4 Å². The molecule has 178 valence electrons. The Hall–Kier alpha value is -3.47. The summed E-state index contributed by atoms with van der Waals surface area (Å²) in [6.07, 6.45) is 4.10. The molecule has 0 bridgehead atoms. The highest BCUT2D eigenvalue weighted by atomic mass is 32.2. The first-order valence-corrected chi connectivity index (χ1v) is 12.0. The van der Waals surface area contributed by atoms with E-state index in [2.05, 4.69) is 20.6 Å². The Morgan fingerprint density at radius 3 is 2.24 bits per heavy atom. The average Bonchev–Trinajstić information content (AvgIpc) is 3.35. The number of benzene rings is 1. The molecular formula is C23H26N6O4S. The van der Waals surface area contributed by atoms with Gasteiger partial charge < -0.3 is 10.6 Å². The van der Waals surface area contributed by atoms with Gasteiger partial charge in [0.25, 0.3) is 5.56 Å². The van der Waals surface area contributed by atoms with Gasteiger partial charge >= 0.3 is 5.69 Å². The number of amides is 2. The molecule has 0 atom stereocenters. The van der Waals surface area contributed by atoms with Crippen molar-refractivity contribution in [1.82, 2.24) is 19.1 Å². The highest BCUT2D eigenvalue weighted by Crippen LogP contribution is 2.34. The van der Waals surface area contributed by atoms with Crippen LogP contribution in [0.25, 0.3) is 11.0 Å². The molecule has 1 aromatic carbocycles. The Labute approximate surface area is 199 Å². The fraction of sp³-hybridized carbons (Fsp3) is 0.391. The van der Waals surface area contributed by atoms with Crippen LogP contribution in [-0.2, 0) is 23.7 Å². The summed E-state index contributed by atoms with van der Waals surface area (Å²) < 4.78 is 2.39. The Morgan fingerprint density at radius 1 is 1.00 bits per heavy atom. The second-order valence-corrected chi connectivity index (χ2v) is 9.33. The number of fused-ring (bicyclic) bond motifs is 1. The van der Waals surface area contributed by atoms with Crippen molar-refractivity contribution in [3.8, 4) is 0 Å². The molecule has 0 spiro atoms. The highest BCUT2D eigenvalue weighted by molar-refractivity contribution is 8.00. The average molecular weight is 483 g/mol. The summed E-state index contributed by atoms with van der Waals surface area (Å²) in [5.74, 6) is 0.373. The summed E-state index contributed by atoms with van der Waals surface area (Å²) in [4.78, 5) is 58.4. The molecule has 10 nitrogen and oxygen atoms in total. The van der Waals surface area contributed by atoms with Crippen LogP contribution in [0.2, 0.25) is 0 Å². The van der Waals surface area contributed by atoms with Crippen molar-refractivity contribution in [3.63, 3.8) is 0 Å². The van der Waals surface area contributed by atoms with Gasteiger partial charge in [0, 0.05) is 38.3 Å². The molecule has 2 amide bonds. The van der Waals surface area contributed by atoms with Gasteiger partial charge in [-0.05, 0) is 37.1 Å². The molecular weight excluding hydrogens is 456 g/mol. The zero-order valence-corrected chi connectivity index (χ0v) is 20.1. The van der Waals surface area contributed by atoms with Gasteiger partial charge in [-0.1, -0.05) is 24.6 Å². The third kappa shape index (κ3) is 4.89. The molecule has 2 heterocycles. The number of carbonyl (C=O) groups is 2. The number of nitrogens with one attached hydrogen (secondary N) is 2. The van der Waals surface area contributed by atoms with Crippen molar-refractivity contribution in [1.29, 1.82) is 0 Å². The molecule has 3 aromatic rings. The first-order chi connectivity index (χ1) is 16.2. The summed E-state index contributed by atoms with van der Waals surface area (Å²) >= 11 is 1.15. The molecule has 0 aliphatic heterocycles. The number of hydrogen-bond acceptors (Lipinski definition) is 7. The van der Waals surface area contributed by atoms with Gasteiger partial charge in [0.15, 0.2) is 5.65 Å². The third-order valence-electron chi connectivity index (χ3n) is 5.83. The SMILES string of the molecule is CC(=O)Nc1ccc(NC(=O)CSc2nc(C3CCCC3)nc3c2c(=O)n(C)c(=O)n3C)cc1. The molecule has 34 heavy (non-hydrogen) atoms. The zero-order valence-electron chi connectivity index (χ0n) is 19.3. The lowest BCUT2D eigenvalue weighted by molar-refractivity contribution is -0.114. The Kier molecular flexibility index (Phi) is 6.82. The fourth-order valence-corrected chi connectivity index (χ4v) is 4.91. The predicted molar refractivity (Wildman–Crippen MR) is 131 cm³/mol. The minimum Gasteiger partial charge on any atom is -0.326 e. The lowest BCUT2D eigenvalue weighted by atomic mass is 10.1. The lowest BCUT2D eigenvalue weighted by Gasteiger charge is -2.14. The van der Waals surface area contributed by atoms with Gasteiger partial charge in [0.1, 0.15) is 16.2 Å². The first-order valence-electron chi connectivity index (χ1n) is 11.0. The third-order valence-corrected chi connectivity index (χ3v) is 6.81. The van der Waals surface area contributed by atoms with Crippen LogP contribution in [0.1, 0.15) is 44.3 Å². The molecule has 0 radical (unpaired) electrons. The number of rotatable bonds is 6. The number of thioether (sulfide) groups is 1. The number of hydrogen-bond donors (Lipinski definition) is 2. The van der Waals surface area contributed by atoms with Crippen LogP contribution in [0, 0.1) is 0 Å². The Balaban J connectivity index is 1.60. The predicted octanol–water partition coefficient (Wildman–Crippen LogP) is 2.37. The molecule has 0 unspecified atom stereocenters. The van der Waals surface area contributed by atoms with Gasteiger partial charge in [0.2, 0.25) is 11.8 Å². The van der Waals surface area contributed by atoms with Gasteiger partial charge in [-0.2, -0.15) is 0 Å². The lowest BCUT2D eigenvalue weighted by Crippen LogP contribution is -2.38. The largest absolute Gasteiger partial charge is 0.332 e. The van der Waals surface area contributed by atoms with E-state index >= 15 is 0 Å². The van der Waals surface area contributed by atoms with E-state index in [-0.39, 0.29) is 28.9 Å². The molecule has 1 aliphatic rings. The fourth-order valence-electron chi connectivity index (χ4n) is 4.09. The minimum absolute atomic E-state index is 0.0235. The topological polar surface area (TPSA) is 128 Å². The van der Waals surface area contributed by atoms with Gasteiger partial charge in [-0.15, -0.1) is 0 Å². The van der Waals surface area contributed by atoms with Crippen molar-refractivity contribution < 1.29 is 9.59 Å². The van der Waals surface area contributed by atoms with E-state index in [1.807, 2.05) is 0 Å². The number of anilines is 2.